The summed E-state index contributed by atoms with van der Waals surface area (Å²) in [6.45, 7) is 2.44. The van der Waals surface area contributed by atoms with Crippen LogP contribution in [-0.4, -0.2) is 21.4 Å². The molecule has 0 aliphatic heterocycles. The molecule has 6 heteroatoms. The van der Waals surface area contributed by atoms with E-state index in [1.165, 1.54) is 0 Å². The number of hydrogen-bond acceptors (Lipinski definition) is 4. The van der Waals surface area contributed by atoms with Gasteiger partial charge in [0.25, 0.3) is 5.91 Å². The lowest BCUT2D eigenvalue weighted by Crippen LogP contribution is -2.22. The average Bonchev–Trinajstić information content (AvgIpc) is 3.06. The van der Waals surface area contributed by atoms with E-state index >= 15 is 0 Å². The molecule has 3 rings (SSSR count). The third-order valence-electron chi connectivity index (χ3n) is 3.77. The van der Waals surface area contributed by atoms with Crippen molar-refractivity contribution in [3.63, 3.8) is 0 Å². The number of nitrogens with one attached hydrogen (secondary N) is 1. The van der Waals surface area contributed by atoms with Crippen molar-refractivity contribution in [2.24, 2.45) is 0 Å². The fraction of sp³-hybridized carbons (Fsp3) is 0.158. The average molecular weight is 370 g/mol. The van der Waals surface area contributed by atoms with Crippen molar-refractivity contribution < 1.29 is 9.00 Å². The van der Waals surface area contributed by atoms with Gasteiger partial charge in [-0.3, -0.25) is 9.00 Å². The lowest BCUT2D eigenvalue weighted by Gasteiger charge is -2.07. The van der Waals surface area contributed by atoms with Gasteiger partial charge in [0.15, 0.2) is 0 Å². The van der Waals surface area contributed by atoms with Crippen LogP contribution in [0.25, 0.3) is 11.3 Å². The van der Waals surface area contributed by atoms with E-state index < -0.39 is 10.8 Å². The predicted octanol–water partition coefficient (Wildman–Crippen LogP) is 3.79. The van der Waals surface area contributed by atoms with Crippen LogP contribution in [0.4, 0.5) is 0 Å². The molecule has 0 radical (unpaired) electrons. The van der Waals surface area contributed by atoms with E-state index in [2.05, 4.69) is 10.3 Å². The van der Waals surface area contributed by atoms with E-state index in [1.54, 1.807) is 41.9 Å². The first-order valence-electron chi connectivity index (χ1n) is 7.76. The molecule has 0 saturated carbocycles. The molecule has 0 unspecified atom stereocenters. The maximum atomic E-state index is 12.2. The fourth-order valence-electron chi connectivity index (χ4n) is 2.37. The summed E-state index contributed by atoms with van der Waals surface area (Å²) in [6, 6.07) is 14.8. The molecule has 0 aliphatic rings. The van der Waals surface area contributed by atoms with Gasteiger partial charge < -0.3 is 5.32 Å². The minimum Gasteiger partial charge on any atom is -0.348 e. The van der Waals surface area contributed by atoms with E-state index in [-0.39, 0.29) is 5.91 Å². The first-order valence-corrected chi connectivity index (χ1v) is 10.2. The molecule has 0 aliphatic carbocycles. The largest absolute Gasteiger partial charge is 0.348 e. The summed E-state index contributed by atoms with van der Waals surface area (Å²) < 4.78 is 11.4. The molecule has 128 valence electrons. The van der Waals surface area contributed by atoms with Gasteiger partial charge in [-0.1, -0.05) is 24.3 Å². The van der Waals surface area contributed by atoms with Crippen LogP contribution in [-0.2, 0) is 17.3 Å². The Morgan fingerprint density at radius 3 is 2.36 bits per heavy atom. The minimum atomic E-state index is -1.04. The fourth-order valence-corrected chi connectivity index (χ4v) is 3.51. The number of hydrogen-bond donors (Lipinski definition) is 1. The van der Waals surface area contributed by atoms with E-state index in [4.69, 9.17) is 0 Å². The van der Waals surface area contributed by atoms with Crippen LogP contribution in [0.15, 0.2) is 58.8 Å². The first kappa shape index (κ1) is 17.5. The van der Waals surface area contributed by atoms with Crippen molar-refractivity contribution in [2.75, 3.05) is 6.26 Å². The molecule has 0 bridgehead atoms. The van der Waals surface area contributed by atoms with Crippen LogP contribution >= 0.6 is 11.3 Å². The zero-order valence-corrected chi connectivity index (χ0v) is 15.6. The molecule has 1 amide bonds. The summed E-state index contributed by atoms with van der Waals surface area (Å²) in [7, 11) is -1.04. The van der Waals surface area contributed by atoms with Crippen LogP contribution in [0.3, 0.4) is 0 Å². The highest BCUT2D eigenvalue weighted by atomic mass is 32.2. The third-order valence-corrected chi connectivity index (χ3v) is 5.48. The van der Waals surface area contributed by atoms with Gasteiger partial charge in [-0.05, 0) is 36.8 Å². The standard InChI is InChI=1S/C19H18N2O2S2/c1-13-21-18(12-24-13)15-5-3-14(4-6-15)11-20-19(22)16-7-9-17(10-8-16)25(2)23/h3-10,12H,11H2,1-2H3,(H,20,22)/t25-/m1/s1. The Morgan fingerprint density at radius 2 is 1.80 bits per heavy atom. The highest BCUT2D eigenvalue weighted by Crippen LogP contribution is 2.21. The molecule has 3 aromatic rings. The second-order valence-corrected chi connectivity index (χ2v) is 8.05. The van der Waals surface area contributed by atoms with Crippen molar-refractivity contribution in [3.8, 4) is 11.3 Å². The number of benzene rings is 2. The quantitative estimate of drug-likeness (QED) is 0.743. The monoisotopic (exact) mass is 370 g/mol. The smallest absolute Gasteiger partial charge is 0.251 e. The second kappa shape index (κ2) is 7.72. The minimum absolute atomic E-state index is 0.146. The Kier molecular flexibility index (Phi) is 5.40. The van der Waals surface area contributed by atoms with Crippen molar-refractivity contribution in [2.45, 2.75) is 18.4 Å². The number of carbonyl (C=O) groups excluding carboxylic acids is 1. The molecule has 1 N–H and O–H groups in total. The molecule has 25 heavy (non-hydrogen) atoms. The number of rotatable bonds is 5. The highest BCUT2D eigenvalue weighted by Gasteiger charge is 2.07. The van der Waals surface area contributed by atoms with Crippen LogP contribution < -0.4 is 5.32 Å². The van der Waals surface area contributed by atoms with E-state index in [1.807, 2.05) is 36.6 Å². The highest BCUT2D eigenvalue weighted by molar-refractivity contribution is 7.84. The molecule has 0 spiro atoms. The number of thiazole rings is 1. The lowest BCUT2D eigenvalue weighted by molar-refractivity contribution is 0.0951. The Balaban J connectivity index is 1.61. The maximum absolute atomic E-state index is 12.2. The van der Waals surface area contributed by atoms with Crippen molar-refractivity contribution in [3.05, 3.63) is 70.0 Å². The number of nitrogens with zero attached hydrogens (tertiary/aromatic N) is 1. The summed E-state index contributed by atoms with van der Waals surface area (Å²) in [5.74, 6) is -0.146. The number of amides is 1. The summed E-state index contributed by atoms with van der Waals surface area (Å²) in [5.41, 5.74) is 3.63. The Bertz CT molecular complexity index is 900. The molecule has 0 fully saturated rings. The zero-order valence-electron chi connectivity index (χ0n) is 14.0. The number of aryl methyl sites for hydroxylation is 1. The SMILES string of the molecule is Cc1nc(-c2ccc(CNC(=O)c3ccc([S@@](C)=O)cc3)cc2)cs1. The molecule has 0 saturated heterocycles. The summed E-state index contributed by atoms with van der Waals surface area (Å²) in [5, 5.41) is 5.99. The molecular weight excluding hydrogens is 352 g/mol. The third kappa shape index (κ3) is 4.41. The summed E-state index contributed by atoms with van der Waals surface area (Å²) in [6.07, 6.45) is 1.62. The van der Waals surface area contributed by atoms with Gasteiger partial charge in [-0.25, -0.2) is 4.98 Å². The number of aromatic nitrogens is 1. The van der Waals surface area contributed by atoms with Gasteiger partial charge in [0.05, 0.1) is 10.7 Å². The Hall–Kier alpha value is -2.31. The normalized spacial score (nSPS) is 11.9. The van der Waals surface area contributed by atoms with Gasteiger partial charge in [0.1, 0.15) is 0 Å². The second-order valence-electron chi connectivity index (χ2n) is 5.61. The summed E-state index contributed by atoms with van der Waals surface area (Å²) in [4.78, 5) is 17.4. The van der Waals surface area contributed by atoms with E-state index in [9.17, 15) is 9.00 Å². The molecule has 2 aromatic carbocycles. The van der Waals surface area contributed by atoms with Gasteiger partial charge >= 0.3 is 0 Å². The summed E-state index contributed by atoms with van der Waals surface area (Å²) >= 11 is 1.63. The topological polar surface area (TPSA) is 59.1 Å². The Morgan fingerprint density at radius 1 is 1.12 bits per heavy atom. The van der Waals surface area contributed by atoms with Crippen LogP contribution in [0, 0.1) is 6.92 Å². The van der Waals surface area contributed by atoms with Gasteiger partial charge in [0.2, 0.25) is 0 Å². The van der Waals surface area contributed by atoms with E-state index in [0.29, 0.717) is 17.0 Å². The van der Waals surface area contributed by atoms with Crippen molar-refractivity contribution in [1.29, 1.82) is 0 Å². The van der Waals surface area contributed by atoms with Gasteiger partial charge in [0, 0.05) is 45.0 Å². The molecule has 4 nitrogen and oxygen atoms in total. The molecule has 1 heterocycles. The van der Waals surface area contributed by atoms with Crippen LogP contribution in [0.5, 0.6) is 0 Å². The first-order chi connectivity index (χ1) is 12.0. The molecule has 1 aromatic heterocycles. The van der Waals surface area contributed by atoms with Crippen LogP contribution in [0.1, 0.15) is 20.9 Å². The van der Waals surface area contributed by atoms with Gasteiger partial charge in [-0.15, -0.1) is 11.3 Å². The van der Waals surface area contributed by atoms with Crippen molar-refractivity contribution in [1.82, 2.24) is 10.3 Å². The predicted molar refractivity (Wildman–Crippen MR) is 102 cm³/mol. The molecule has 1 atom stereocenters. The Labute approximate surface area is 153 Å². The molecular formula is C19H18N2O2S2. The van der Waals surface area contributed by atoms with Crippen molar-refractivity contribution >= 4 is 28.0 Å². The van der Waals surface area contributed by atoms with Gasteiger partial charge in [-0.2, -0.15) is 0 Å². The maximum Gasteiger partial charge on any atom is 0.251 e. The zero-order chi connectivity index (χ0) is 17.8. The number of carbonyl (C=O) groups is 1. The lowest BCUT2D eigenvalue weighted by atomic mass is 10.1. The van der Waals surface area contributed by atoms with Crippen LogP contribution in [0.2, 0.25) is 0 Å². The van der Waals surface area contributed by atoms with E-state index in [0.717, 1.165) is 21.8 Å².